The minimum Gasteiger partial charge on any atom is -0.448 e. The highest BCUT2D eigenvalue weighted by molar-refractivity contribution is 5.98. The van der Waals surface area contributed by atoms with Crippen LogP contribution in [0.2, 0.25) is 0 Å². The number of rotatable bonds is 4. The third-order valence-electron chi connectivity index (χ3n) is 8.50. The average molecular weight is 489 g/mol. The Morgan fingerprint density at radius 3 is 2.11 bits per heavy atom. The van der Waals surface area contributed by atoms with Gasteiger partial charge in [-0.15, -0.1) is 0 Å². The van der Waals surface area contributed by atoms with E-state index in [1.54, 1.807) is 0 Å². The molecule has 1 aliphatic carbocycles. The van der Waals surface area contributed by atoms with Crippen molar-refractivity contribution in [2.24, 2.45) is 5.92 Å². The van der Waals surface area contributed by atoms with Crippen molar-refractivity contribution in [3.05, 3.63) is 102 Å². The summed E-state index contributed by atoms with van der Waals surface area (Å²) in [5.41, 5.74) is 6.24. The maximum atomic E-state index is 13.4. The van der Waals surface area contributed by atoms with Crippen molar-refractivity contribution in [2.75, 3.05) is 6.61 Å². The van der Waals surface area contributed by atoms with E-state index in [0.717, 1.165) is 23.7 Å². The fourth-order valence-corrected chi connectivity index (χ4v) is 6.77. The maximum absolute atomic E-state index is 13.4. The van der Waals surface area contributed by atoms with E-state index in [9.17, 15) is 9.59 Å². The summed E-state index contributed by atoms with van der Waals surface area (Å²) in [4.78, 5) is 33.3. The third kappa shape index (κ3) is 3.72. The molecule has 0 radical (unpaired) electrons. The smallest absolute Gasteiger partial charge is 0.410 e. The molecule has 3 aromatic carbocycles. The van der Waals surface area contributed by atoms with Crippen LogP contribution in [0.25, 0.3) is 22.0 Å². The number of pyridine rings is 1. The average Bonchev–Trinajstić information content (AvgIpc) is 3.41. The van der Waals surface area contributed by atoms with Crippen LogP contribution in [-0.2, 0) is 4.74 Å². The lowest BCUT2D eigenvalue weighted by Crippen LogP contribution is -2.48. The number of ether oxygens (including phenoxy) is 1. The number of ketones is 1. The van der Waals surface area contributed by atoms with Crippen LogP contribution in [0, 0.1) is 5.92 Å². The molecule has 5 heteroatoms. The molecule has 2 unspecified atom stereocenters. The number of carbonyl (C=O) groups excluding carboxylic acids is 2. The van der Waals surface area contributed by atoms with E-state index in [2.05, 4.69) is 41.4 Å². The standard InChI is InChI=1S/C32H28N2O3/c35-31(30-16-13-20-7-1-6-12-29(20)33-30)21-17-22-14-15-23(18-21)34(22)32(36)37-19-28-26-10-4-2-8-24(26)25-9-3-5-11-27(25)28/h1-13,16,21-23,28H,14-15,17-19H2. The Hall–Kier alpha value is -3.99. The van der Waals surface area contributed by atoms with Gasteiger partial charge in [-0.1, -0.05) is 72.8 Å². The molecule has 1 amide bonds. The lowest BCUT2D eigenvalue weighted by Gasteiger charge is -2.37. The number of fused-ring (bicyclic) bond motifs is 6. The van der Waals surface area contributed by atoms with Gasteiger partial charge in [0.1, 0.15) is 12.3 Å². The molecule has 1 aromatic heterocycles. The topological polar surface area (TPSA) is 59.5 Å². The molecule has 5 nitrogen and oxygen atoms in total. The fourth-order valence-electron chi connectivity index (χ4n) is 6.77. The van der Waals surface area contributed by atoms with E-state index in [1.807, 2.05) is 53.4 Å². The Kier molecular flexibility index (Phi) is 5.31. The van der Waals surface area contributed by atoms with Gasteiger partial charge in [-0.3, -0.25) is 4.79 Å². The molecule has 184 valence electrons. The van der Waals surface area contributed by atoms with Gasteiger partial charge in [0, 0.05) is 29.3 Å². The van der Waals surface area contributed by atoms with Crippen LogP contribution >= 0.6 is 0 Å². The van der Waals surface area contributed by atoms with E-state index in [0.29, 0.717) is 25.1 Å². The quantitative estimate of drug-likeness (QED) is 0.303. The number of amides is 1. The first-order valence-electron chi connectivity index (χ1n) is 13.2. The van der Waals surface area contributed by atoms with Gasteiger partial charge in [-0.05, 0) is 60.1 Å². The van der Waals surface area contributed by atoms with E-state index >= 15 is 0 Å². The molecule has 2 fully saturated rings. The molecular formula is C32H28N2O3. The second kappa shape index (κ2) is 8.84. The highest BCUT2D eigenvalue weighted by atomic mass is 16.6. The zero-order valence-electron chi connectivity index (χ0n) is 20.5. The fraction of sp³-hybridized carbons (Fsp3) is 0.281. The van der Waals surface area contributed by atoms with Gasteiger partial charge < -0.3 is 9.64 Å². The first-order valence-corrected chi connectivity index (χ1v) is 13.2. The van der Waals surface area contributed by atoms with Gasteiger partial charge in [0.05, 0.1) is 5.52 Å². The maximum Gasteiger partial charge on any atom is 0.410 e. The molecule has 2 atom stereocenters. The number of carbonyl (C=O) groups is 2. The van der Waals surface area contributed by atoms with Gasteiger partial charge in [0.25, 0.3) is 0 Å². The SMILES string of the molecule is O=C(c1ccc2ccccc2n1)C1CC2CCC(C1)N2C(=O)OCC1c2ccccc2-c2ccccc21. The number of piperidine rings is 1. The summed E-state index contributed by atoms with van der Waals surface area (Å²) >= 11 is 0. The lowest BCUT2D eigenvalue weighted by atomic mass is 9.86. The highest BCUT2D eigenvalue weighted by Crippen LogP contribution is 2.45. The van der Waals surface area contributed by atoms with E-state index < -0.39 is 0 Å². The van der Waals surface area contributed by atoms with Gasteiger partial charge >= 0.3 is 6.09 Å². The number of hydrogen-bond donors (Lipinski definition) is 0. The first kappa shape index (κ1) is 22.2. The Morgan fingerprint density at radius 1 is 0.784 bits per heavy atom. The predicted molar refractivity (Wildman–Crippen MR) is 143 cm³/mol. The summed E-state index contributed by atoms with van der Waals surface area (Å²) in [6, 6.07) is 28.5. The molecule has 2 aliphatic heterocycles. The molecule has 37 heavy (non-hydrogen) atoms. The summed E-state index contributed by atoms with van der Waals surface area (Å²) < 4.78 is 5.98. The minimum absolute atomic E-state index is 0.0452. The second-order valence-corrected chi connectivity index (χ2v) is 10.5. The van der Waals surface area contributed by atoms with Crippen LogP contribution in [-0.4, -0.2) is 40.5 Å². The van der Waals surface area contributed by atoms with Crippen molar-refractivity contribution in [1.82, 2.24) is 9.88 Å². The molecule has 4 aromatic rings. The Labute approximate surface area is 216 Å². The van der Waals surface area contributed by atoms with Crippen molar-refractivity contribution in [3.8, 4) is 11.1 Å². The molecule has 0 N–H and O–H groups in total. The van der Waals surface area contributed by atoms with Gasteiger partial charge in [0.15, 0.2) is 5.78 Å². The van der Waals surface area contributed by atoms with Gasteiger partial charge in [-0.2, -0.15) is 0 Å². The molecule has 3 heterocycles. The first-order chi connectivity index (χ1) is 18.2. The summed E-state index contributed by atoms with van der Waals surface area (Å²) in [6.07, 6.45) is 2.94. The lowest BCUT2D eigenvalue weighted by molar-refractivity contribution is 0.0504. The van der Waals surface area contributed by atoms with Crippen LogP contribution in [0.5, 0.6) is 0 Å². The highest BCUT2D eigenvalue weighted by Gasteiger charge is 2.46. The molecule has 0 saturated carbocycles. The normalized spacial score (nSPS) is 22.1. The van der Waals surface area contributed by atoms with E-state index in [-0.39, 0.29) is 35.8 Å². The Bertz CT molecular complexity index is 1470. The molecular weight excluding hydrogens is 460 g/mol. The number of aromatic nitrogens is 1. The van der Waals surface area contributed by atoms with Gasteiger partial charge in [-0.25, -0.2) is 9.78 Å². The van der Waals surface area contributed by atoms with Crippen molar-refractivity contribution < 1.29 is 14.3 Å². The van der Waals surface area contributed by atoms with Crippen molar-refractivity contribution in [2.45, 2.75) is 43.7 Å². The van der Waals surface area contributed by atoms with Crippen molar-refractivity contribution >= 4 is 22.8 Å². The molecule has 3 aliphatic rings. The summed E-state index contributed by atoms with van der Waals surface area (Å²) in [6.45, 7) is 0.326. The number of benzene rings is 3. The number of nitrogens with zero attached hydrogens (tertiary/aromatic N) is 2. The van der Waals surface area contributed by atoms with Gasteiger partial charge in [0.2, 0.25) is 0 Å². The number of hydrogen-bond acceptors (Lipinski definition) is 4. The molecule has 2 saturated heterocycles. The second-order valence-electron chi connectivity index (χ2n) is 10.5. The zero-order chi connectivity index (χ0) is 24.9. The van der Waals surface area contributed by atoms with Crippen molar-refractivity contribution in [1.29, 1.82) is 0 Å². The largest absolute Gasteiger partial charge is 0.448 e. The summed E-state index contributed by atoms with van der Waals surface area (Å²) in [5, 5.41) is 1.03. The van der Waals surface area contributed by atoms with E-state index in [4.69, 9.17) is 4.74 Å². The monoisotopic (exact) mass is 488 g/mol. The minimum atomic E-state index is -0.246. The predicted octanol–water partition coefficient (Wildman–Crippen LogP) is 6.61. The van der Waals surface area contributed by atoms with Crippen molar-refractivity contribution in [3.63, 3.8) is 0 Å². The number of Topliss-reactive ketones (excluding diaryl/α,β-unsaturated/α-hetero) is 1. The third-order valence-corrected chi connectivity index (χ3v) is 8.50. The molecule has 7 rings (SSSR count). The Balaban J connectivity index is 1.05. The van der Waals surface area contributed by atoms with Crippen LogP contribution in [0.3, 0.4) is 0 Å². The molecule has 0 spiro atoms. The zero-order valence-corrected chi connectivity index (χ0v) is 20.5. The number of para-hydroxylation sites is 1. The molecule has 2 bridgehead atoms. The van der Waals surface area contributed by atoms with Crippen LogP contribution in [0.4, 0.5) is 4.79 Å². The van der Waals surface area contributed by atoms with Crippen LogP contribution in [0.1, 0.15) is 53.2 Å². The Morgan fingerprint density at radius 2 is 1.41 bits per heavy atom. The summed E-state index contributed by atoms with van der Waals surface area (Å²) in [5.74, 6) is 0.0331. The van der Waals surface area contributed by atoms with Crippen LogP contribution in [0.15, 0.2) is 84.9 Å². The van der Waals surface area contributed by atoms with Crippen LogP contribution < -0.4 is 0 Å². The summed E-state index contributed by atoms with van der Waals surface area (Å²) in [7, 11) is 0. The van der Waals surface area contributed by atoms with E-state index in [1.165, 1.54) is 22.3 Å².